The van der Waals surface area contributed by atoms with Crippen molar-refractivity contribution < 1.29 is 15.3 Å². The summed E-state index contributed by atoms with van der Waals surface area (Å²) in [6.07, 6.45) is 16.8. The normalized spacial score (nSPS) is 18.4. The smallest absolute Gasteiger partial charge is 0.205 e. The van der Waals surface area contributed by atoms with E-state index < -0.39 is 11.2 Å². The van der Waals surface area contributed by atoms with Crippen LogP contribution in [0.4, 0.5) is 0 Å². The monoisotopic (exact) mass is 400 g/mol. The molecule has 0 aromatic rings. The van der Waals surface area contributed by atoms with Crippen molar-refractivity contribution >= 4 is 0 Å². The zero-order chi connectivity index (χ0) is 21.5. The van der Waals surface area contributed by atoms with Crippen LogP contribution in [0.5, 0.6) is 0 Å². The summed E-state index contributed by atoms with van der Waals surface area (Å²) in [5, 5.41) is 21.9. The summed E-state index contributed by atoms with van der Waals surface area (Å²) in [7, 11) is 0. The zero-order valence-electron chi connectivity index (χ0n) is 20.1. The number of rotatable bonds is 19. The van der Waals surface area contributed by atoms with Gasteiger partial charge in [0.2, 0.25) is 5.79 Å². The van der Waals surface area contributed by atoms with Gasteiger partial charge in [0.1, 0.15) is 0 Å². The third kappa shape index (κ3) is 6.71. The maximum atomic E-state index is 11.8. The molecule has 0 spiro atoms. The third-order valence-electron chi connectivity index (χ3n) is 7.13. The lowest BCUT2D eigenvalue weighted by atomic mass is 9.49. The van der Waals surface area contributed by atoms with Gasteiger partial charge in [0, 0.05) is 11.8 Å². The van der Waals surface area contributed by atoms with Crippen LogP contribution in [-0.4, -0.2) is 16.2 Å². The van der Waals surface area contributed by atoms with Crippen LogP contribution in [0.25, 0.3) is 0 Å². The molecule has 0 aliphatic rings. The van der Waals surface area contributed by atoms with Gasteiger partial charge < -0.3 is 5.11 Å². The first-order chi connectivity index (χ1) is 13.4. The Kier molecular flexibility index (Phi) is 14.7. The Morgan fingerprint density at radius 3 is 1.50 bits per heavy atom. The van der Waals surface area contributed by atoms with E-state index in [1.807, 2.05) is 0 Å². The molecule has 0 aromatic heterocycles. The predicted octanol–water partition coefficient (Wildman–Crippen LogP) is 8.50. The van der Waals surface area contributed by atoms with Gasteiger partial charge in [-0.2, -0.15) is 0 Å². The molecule has 0 amide bonds. The van der Waals surface area contributed by atoms with Gasteiger partial charge in [-0.3, -0.25) is 0 Å². The molecule has 0 aliphatic heterocycles. The first-order valence-corrected chi connectivity index (χ1v) is 12.5. The lowest BCUT2D eigenvalue weighted by molar-refractivity contribution is -0.446. The van der Waals surface area contributed by atoms with Gasteiger partial charge in [0.15, 0.2) is 0 Å². The molecule has 0 fully saturated rings. The topological polar surface area (TPSA) is 49.7 Å². The molecule has 3 unspecified atom stereocenters. The molecule has 0 saturated carbocycles. The van der Waals surface area contributed by atoms with Crippen molar-refractivity contribution in [1.82, 2.24) is 0 Å². The highest BCUT2D eigenvalue weighted by Gasteiger charge is 2.61. The Bertz CT molecular complexity index is 373. The van der Waals surface area contributed by atoms with Crippen molar-refractivity contribution in [3.8, 4) is 0 Å². The SMILES string of the molecule is CCCCCC(CCC)(CCCC)C(CCC)(CCCC)C(O)(CCC)OO. The average Bonchev–Trinajstić information content (AvgIpc) is 2.69. The molecular formula is C25H52O3. The van der Waals surface area contributed by atoms with E-state index in [4.69, 9.17) is 4.89 Å². The summed E-state index contributed by atoms with van der Waals surface area (Å²) in [6.45, 7) is 13.3. The van der Waals surface area contributed by atoms with Crippen LogP contribution in [0.1, 0.15) is 144 Å². The molecule has 0 bridgehead atoms. The Hall–Kier alpha value is -0.120. The van der Waals surface area contributed by atoms with E-state index in [1.165, 1.54) is 32.1 Å². The Morgan fingerprint density at radius 1 is 0.536 bits per heavy atom. The lowest BCUT2D eigenvalue weighted by Crippen LogP contribution is -2.59. The van der Waals surface area contributed by atoms with E-state index in [0.29, 0.717) is 6.42 Å². The molecule has 0 radical (unpaired) electrons. The third-order valence-corrected chi connectivity index (χ3v) is 7.13. The number of hydrogen-bond donors (Lipinski definition) is 2. The average molecular weight is 401 g/mol. The molecular weight excluding hydrogens is 348 g/mol. The molecule has 28 heavy (non-hydrogen) atoms. The van der Waals surface area contributed by atoms with Crippen LogP contribution in [0.3, 0.4) is 0 Å². The largest absolute Gasteiger partial charge is 0.363 e. The zero-order valence-corrected chi connectivity index (χ0v) is 20.1. The standard InChI is InChI=1S/C25H52O3/c1-7-13-16-21-23(17-10-4,20-14-8-2)24(18-11-5,22-15-9-3)25(26,28-27)19-12-6/h26-27H,7-22H2,1-6H3. The van der Waals surface area contributed by atoms with Crippen molar-refractivity contribution in [1.29, 1.82) is 0 Å². The summed E-state index contributed by atoms with van der Waals surface area (Å²) < 4.78 is 0. The second-order valence-corrected chi connectivity index (χ2v) is 9.15. The molecule has 0 heterocycles. The highest BCUT2D eigenvalue weighted by molar-refractivity contribution is 5.05. The molecule has 0 aliphatic carbocycles. The predicted molar refractivity (Wildman–Crippen MR) is 121 cm³/mol. The van der Waals surface area contributed by atoms with Gasteiger partial charge in [-0.1, -0.05) is 106 Å². The van der Waals surface area contributed by atoms with Gasteiger partial charge in [0.25, 0.3) is 0 Å². The first-order valence-electron chi connectivity index (χ1n) is 12.5. The van der Waals surface area contributed by atoms with E-state index in [0.717, 1.165) is 64.2 Å². The molecule has 170 valence electrons. The minimum absolute atomic E-state index is 0.0186. The van der Waals surface area contributed by atoms with Crippen LogP contribution in [-0.2, 0) is 4.89 Å². The number of unbranched alkanes of at least 4 members (excludes halogenated alkanes) is 4. The fourth-order valence-electron chi connectivity index (χ4n) is 5.88. The fourth-order valence-corrected chi connectivity index (χ4v) is 5.88. The molecule has 0 rings (SSSR count). The molecule has 3 atom stereocenters. The van der Waals surface area contributed by atoms with Crippen molar-refractivity contribution in [2.24, 2.45) is 10.8 Å². The molecule has 2 N–H and O–H groups in total. The van der Waals surface area contributed by atoms with Gasteiger partial charge in [-0.15, -0.1) is 0 Å². The minimum Gasteiger partial charge on any atom is -0.363 e. The summed E-state index contributed by atoms with van der Waals surface area (Å²) in [6, 6.07) is 0. The molecule has 0 saturated heterocycles. The van der Waals surface area contributed by atoms with Crippen molar-refractivity contribution in [2.45, 2.75) is 150 Å². The summed E-state index contributed by atoms with van der Waals surface area (Å²) in [5.74, 6) is -1.46. The summed E-state index contributed by atoms with van der Waals surface area (Å²) in [4.78, 5) is 5.09. The second-order valence-electron chi connectivity index (χ2n) is 9.15. The molecule has 3 heteroatoms. The second kappa shape index (κ2) is 14.8. The maximum absolute atomic E-state index is 11.8. The highest BCUT2D eigenvalue weighted by atomic mass is 17.1. The fraction of sp³-hybridized carbons (Fsp3) is 1.00. The van der Waals surface area contributed by atoms with Crippen LogP contribution < -0.4 is 0 Å². The van der Waals surface area contributed by atoms with Crippen molar-refractivity contribution in [2.75, 3.05) is 0 Å². The van der Waals surface area contributed by atoms with E-state index in [1.54, 1.807) is 0 Å². The van der Waals surface area contributed by atoms with Gasteiger partial charge in [-0.05, 0) is 37.5 Å². The van der Waals surface area contributed by atoms with Crippen molar-refractivity contribution in [3.63, 3.8) is 0 Å². The molecule has 3 nitrogen and oxygen atoms in total. The maximum Gasteiger partial charge on any atom is 0.205 e. The van der Waals surface area contributed by atoms with Crippen molar-refractivity contribution in [3.05, 3.63) is 0 Å². The summed E-state index contributed by atoms with van der Waals surface area (Å²) >= 11 is 0. The Balaban J connectivity index is 6.54. The van der Waals surface area contributed by atoms with Gasteiger partial charge >= 0.3 is 0 Å². The van der Waals surface area contributed by atoms with Crippen LogP contribution in [0, 0.1) is 10.8 Å². The number of hydrogen-bond acceptors (Lipinski definition) is 3. The van der Waals surface area contributed by atoms with Gasteiger partial charge in [0.05, 0.1) is 0 Å². The van der Waals surface area contributed by atoms with Gasteiger partial charge in [-0.25, -0.2) is 10.1 Å². The highest BCUT2D eigenvalue weighted by Crippen LogP contribution is 2.62. The minimum atomic E-state index is -1.46. The summed E-state index contributed by atoms with van der Waals surface area (Å²) in [5.41, 5.74) is -0.376. The Morgan fingerprint density at radius 2 is 1.04 bits per heavy atom. The first kappa shape index (κ1) is 27.9. The van der Waals surface area contributed by atoms with E-state index >= 15 is 0 Å². The number of aliphatic hydroxyl groups is 1. The molecule has 0 aromatic carbocycles. The van der Waals surface area contributed by atoms with Crippen LogP contribution in [0.15, 0.2) is 0 Å². The Labute approximate surface area is 176 Å². The van der Waals surface area contributed by atoms with E-state index in [9.17, 15) is 10.4 Å². The quantitative estimate of drug-likeness (QED) is 0.0988. The van der Waals surface area contributed by atoms with E-state index in [2.05, 4.69) is 41.5 Å². The van der Waals surface area contributed by atoms with Crippen LogP contribution in [0.2, 0.25) is 0 Å². The van der Waals surface area contributed by atoms with Crippen LogP contribution >= 0.6 is 0 Å². The van der Waals surface area contributed by atoms with E-state index in [-0.39, 0.29) is 5.41 Å². The lowest BCUT2D eigenvalue weighted by Gasteiger charge is -2.58.